The van der Waals surface area contributed by atoms with Gasteiger partial charge in [0.1, 0.15) is 5.40 Å². The average Bonchev–Trinajstić information content (AvgIpc) is 2.22. The van der Waals surface area contributed by atoms with E-state index in [4.69, 9.17) is 5.26 Å². The Hall–Kier alpha value is -0.160. The van der Waals surface area contributed by atoms with Crippen LogP contribution in [0, 0.1) is 16.6 Å². The Balaban J connectivity index is 2.12. The molecule has 0 spiro atoms. The Morgan fingerprint density at radius 2 is 2.43 bits per heavy atom. The van der Waals surface area contributed by atoms with Gasteiger partial charge in [0, 0.05) is 5.25 Å². The number of thioether (sulfide) groups is 1. The standard InChI is InChI=1S/C5H7NS/c1-4-2-5(4)7-3-6/h4-5H,2H2,1H3. The highest BCUT2D eigenvalue weighted by Gasteiger charge is 2.32. The second-order valence-corrected chi connectivity index (χ2v) is 2.98. The Morgan fingerprint density at radius 1 is 1.86 bits per heavy atom. The summed E-state index contributed by atoms with van der Waals surface area (Å²) in [6.45, 7) is 2.18. The lowest BCUT2D eigenvalue weighted by molar-refractivity contribution is 0.988. The van der Waals surface area contributed by atoms with E-state index in [9.17, 15) is 0 Å². The highest BCUT2D eigenvalue weighted by molar-refractivity contribution is 8.04. The highest BCUT2D eigenvalue weighted by atomic mass is 32.2. The molecule has 0 aromatic carbocycles. The van der Waals surface area contributed by atoms with Gasteiger partial charge in [-0.1, -0.05) is 6.92 Å². The van der Waals surface area contributed by atoms with Crippen LogP contribution >= 0.6 is 11.8 Å². The summed E-state index contributed by atoms with van der Waals surface area (Å²) >= 11 is 1.41. The normalized spacial score (nSPS) is 37.1. The summed E-state index contributed by atoms with van der Waals surface area (Å²) in [6, 6.07) is 0. The van der Waals surface area contributed by atoms with Gasteiger partial charge in [0.2, 0.25) is 0 Å². The summed E-state index contributed by atoms with van der Waals surface area (Å²) in [5, 5.41) is 10.9. The molecule has 0 radical (unpaired) electrons. The first-order valence-corrected chi connectivity index (χ1v) is 3.27. The van der Waals surface area contributed by atoms with Crippen LogP contribution in [0.3, 0.4) is 0 Å². The maximum atomic E-state index is 8.11. The second-order valence-electron chi connectivity index (χ2n) is 1.96. The lowest BCUT2D eigenvalue weighted by atomic mass is 10.5. The Labute approximate surface area is 47.7 Å². The van der Waals surface area contributed by atoms with Gasteiger partial charge in [0.25, 0.3) is 0 Å². The maximum absolute atomic E-state index is 8.11. The van der Waals surface area contributed by atoms with Crippen LogP contribution in [0.15, 0.2) is 0 Å². The monoisotopic (exact) mass is 113 g/mol. The SMILES string of the molecule is CC1CC1SC#N. The van der Waals surface area contributed by atoms with Crippen LogP contribution < -0.4 is 0 Å². The summed E-state index contributed by atoms with van der Waals surface area (Å²) in [5.41, 5.74) is 0. The summed E-state index contributed by atoms with van der Waals surface area (Å²) in [6.07, 6.45) is 1.25. The van der Waals surface area contributed by atoms with Gasteiger partial charge >= 0.3 is 0 Å². The van der Waals surface area contributed by atoms with Crippen LogP contribution in [-0.4, -0.2) is 5.25 Å². The van der Waals surface area contributed by atoms with Gasteiger partial charge < -0.3 is 0 Å². The van der Waals surface area contributed by atoms with Gasteiger partial charge in [0.05, 0.1) is 0 Å². The molecule has 1 fully saturated rings. The van der Waals surface area contributed by atoms with Crippen molar-refractivity contribution < 1.29 is 0 Å². The van der Waals surface area contributed by atoms with E-state index >= 15 is 0 Å². The minimum absolute atomic E-state index is 0.671. The summed E-state index contributed by atoms with van der Waals surface area (Å²) in [4.78, 5) is 0. The lowest BCUT2D eigenvalue weighted by Gasteiger charge is -1.76. The Bertz CT molecular complexity index is 105. The van der Waals surface area contributed by atoms with Crippen LogP contribution in [0.1, 0.15) is 13.3 Å². The molecular formula is C5H7NS. The zero-order valence-electron chi connectivity index (χ0n) is 4.22. The molecule has 0 N–H and O–H groups in total. The topological polar surface area (TPSA) is 23.8 Å². The molecule has 38 valence electrons. The molecule has 0 bridgehead atoms. The third-order valence-corrected chi connectivity index (χ3v) is 2.30. The second kappa shape index (κ2) is 1.75. The van der Waals surface area contributed by atoms with Gasteiger partial charge in [-0.15, -0.1) is 0 Å². The molecule has 7 heavy (non-hydrogen) atoms. The number of rotatable bonds is 1. The third kappa shape index (κ3) is 1.10. The van der Waals surface area contributed by atoms with E-state index in [0.29, 0.717) is 5.25 Å². The third-order valence-electron chi connectivity index (χ3n) is 1.24. The Morgan fingerprint density at radius 3 is 2.57 bits per heavy atom. The summed E-state index contributed by atoms with van der Waals surface area (Å²) in [7, 11) is 0. The Kier molecular flexibility index (Phi) is 1.25. The zero-order valence-corrected chi connectivity index (χ0v) is 5.03. The molecule has 0 aliphatic heterocycles. The number of thiocyanates is 1. The van der Waals surface area contributed by atoms with Crippen molar-refractivity contribution >= 4 is 11.8 Å². The molecular weight excluding hydrogens is 106 g/mol. The van der Waals surface area contributed by atoms with Crippen LogP contribution in [0.2, 0.25) is 0 Å². The molecule has 0 heterocycles. The van der Waals surface area contributed by atoms with E-state index in [1.54, 1.807) is 0 Å². The fourth-order valence-corrected chi connectivity index (χ4v) is 1.29. The number of nitriles is 1. The van der Waals surface area contributed by atoms with E-state index in [2.05, 4.69) is 12.3 Å². The van der Waals surface area contributed by atoms with Crippen LogP contribution in [0.4, 0.5) is 0 Å². The molecule has 1 saturated carbocycles. The fraction of sp³-hybridized carbons (Fsp3) is 0.800. The van der Waals surface area contributed by atoms with Crippen LogP contribution in [0.5, 0.6) is 0 Å². The molecule has 1 rings (SSSR count). The van der Waals surface area contributed by atoms with Gasteiger partial charge in [-0.05, 0) is 24.1 Å². The fourth-order valence-electron chi connectivity index (χ4n) is 0.520. The smallest absolute Gasteiger partial charge is 0.133 e. The quantitative estimate of drug-likeness (QED) is 0.482. The average molecular weight is 113 g/mol. The largest absolute Gasteiger partial charge is 0.185 e. The molecule has 0 aromatic rings. The van der Waals surface area contributed by atoms with Gasteiger partial charge in [-0.3, -0.25) is 0 Å². The summed E-state index contributed by atoms with van der Waals surface area (Å²) < 4.78 is 0. The van der Waals surface area contributed by atoms with E-state index in [1.165, 1.54) is 18.2 Å². The van der Waals surface area contributed by atoms with E-state index in [-0.39, 0.29) is 0 Å². The molecule has 0 amide bonds. The first-order chi connectivity index (χ1) is 3.34. The highest BCUT2D eigenvalue weighted by Crippen LogP contribution is 2.40. The van der Waals surface area contributed by atoms with Crippen molar-refractivity contribution in [3.05, 3.63) is 0 Å². The maximum Gasteiger partial charge on any atom is 0.133 e. The molecule has 0 saturated heterocycles. The van der Waals surface area contributed by atoms with Crippen molar-refractivity contribution in [2.45, 2.75) is 18.6 Å². The van der Waals surface area contributed by atoms with Crippen molar-refractivity contribution in [1.29, 1.82) is 5.26 Å². The predicted octanol–water partition coefficient (Wildman–Crippen LogP) is 1.61. The number of hydrogen-bond donors (Lipinski definition) is 0. The van der Waals surface area contributed by atoms with Gasteiger partial charge in [0.15, 0.2) is 0 Å². The van der Waals surface area contributed by atoms with Crippen molar-refractivity contribution in [3.63, 3.8) is 0 Å². The predicted molar refractivity (Wildman–Crippen MR) is 30.8 cm³/mol. The number of nitrogens with zero attached hydrogens (tertiary/aromatic N) is 1. The number of hydrogen-bond acceptors (Lipinski definition) is 2. The first-order valence-electron chi connectivity index (χ1n) is 2.39. The van der Waals surface area contributed by atoms with Crippen molar-refractivity contribution in [2.75, 3.05) is 0 Å². The lowest BCUT2D eigenvalue weighted by Crippen LogP contribution is -1.69. The van der Waals surface area contributed by atoms with Gasteiger partial charge in [-0.25, -0.2) is 0 Å². The van der Waals surface area contributed by atoms with E-state index in [1.807, 2.05) is 0 Å². The van der Waals surface area contributed by atoms with Crippen LogP contribution in [-0.2, 0) is 0 Å². The molecule has 1 aliphatic carbocycles. The molecule has 0 aromatic heterocycles. The van der Waals surface area contributed by atoms with E-state index < -0.39 is 0 Å². The van der Waals surface area contributed by atoms with Crippen molar-refractivity contribution in [3.8, 4) is 5.40 Å². The minimum Gasteiger partial charge on any atom is -0.185 e. The van der Waals surface area contributed by atoms with Gasteiger partial charge in [-0.2, -0.15) is 5.26 Å². The molecule has 1 aliphatic rings. The summed E-state index contributed by atoms with van der Waals surface area (Å²) in [5.74, 6) is 0.810. The van der Waals surface area contributed by atoms with Crippen LogP contribution in [0.25, 0.3) is 0 Å². The molecule has 2 unspecified atom stereocenters. The zero-order chi connectivity index (χ0) is 5.28. The minimum atomic E-state index is 0.671. The molecule has 1 nitrogen and oxygen atoms in total. The first kappa shape index (κ1) is 4.99. The molecule has 2 heteroatoms. The van der Waals surface area contributed by atoms with Crippen molar-refractivity contribution in [2.24, 2.45) is 5.92 Å². The van der Waals surface area contributed by atoms with Crippen molar-refractivity contribution in [1.82, 2.24) is 0 Å². The molecule has 2 atom stereocenters. The van der Waals surface area contributed by atoms with E-state index in [0.717, 1.165) is 5.92 Å².